The summed E-state index contributed by atoms with van der Waals surface area (Å²) in [6.45, 7) is 3.82. The van der Waals surface area contributed by atoms with Crippen molar-refractivity contribution in [1.29, 1.82) is 0 Å². The molecule has 2 aliphatic rings. The summed E-state index contributed by atoms with van der Waals surface area (Å²) < 4.78 is 34.7. The van der Waals surface area contributed by atoms with Crippen LogP contribution in [0.1, 0.15) is 45.1 Å². The van der Waals surface area contributed by atoms with E-state index in [1.165, 1.54) is 6.20 Å². The van der Waals surface area contributed by atoms with Crippen molar-refractivity contribution in [2.24, 2.45) is 5.73 Å². The third-order valence-electron chi connectivity index (χ3n) is 4.85. The van der Waals surface area contributed by atoms with E-state index < -0.39 is 10.0 Å². The van der Waals surface area contributed by atoms with Gasteiger partial charge in [-0.15, -0.1) is 0 Å². The van der Waals surface area contributed by atoms with Gasteiger partial charge in [-0.1, -0.05) is 6.42 Å². The number of sulfonamides is 1. The Hall–Kier alpha value is -0.960. The molecule has 3 heterocycles. The van der Waals surface area contributed by atoms with Crippen molar-refractivity contribution in [2.75, 3.05) is 19.8 Å². The van der Waals surface area contributed by atoms with Crippen molar-refractivity contribution in [3.05, 3.63) is 12.4 Å². The Morgan fingerprint density at radius 3 is 2.74 bits per heavy atom. The molecule has 3 rings (SSSR count). The number of aromatic nitrogens is 2. The predicted octanol–water partition coefficient (Wildman–Crippen LogP) is 1.12. The zero-order valence-electron chi connectivity index (χ0n) is 13.6. The minimum absolute atomic E-state index is 0.125. The van der Waals surface area contributed by atoms with Gasteiger partial charge in [0.2, 0.25) is 10.0 Å². The molecule has 0 saturated carbocycles. The van der Waals surface area contributed by atoms with Gasteiger partial charge in [-0.25, -0.2) is 8.42 Å². The summed E-state index contributed by atoms with van der Waals surface area (Å²) >= 11 is 0. The molecule has 130 valence electrons. The lowest BCUT2D eigenvalue weighted by molar-refractivity contribution is 0.0662. The van der Waals surface area contributed by atoms with Crippen molar-refractivity contribution >= 4 is 10.0 Å². The van der Waals surface area contributed by atoms with E-state index in [-0.39, 0.29) is 23.0 Å². The van der Waals surface area contributed by atoms with E-state index in [9.17, 15) is 8.42 Å². The number of piperidine rings is 1. The molecular weight excluding hydrogens is 316 g/mol. The topological polar surface area (TPSA) is 90.5 Å². The van der Waals surface area contributed by atoms with Gasteiger partial charge in [0.15, 0.2) is 0 Å². The maximum absolute atomic E-state index is 13.0. The summed E-state index contributed by atoms with van der Waals surface area (Å²) in [6.07, 6.45) is 7.61. The molecule has 0 bridgehead atoms. The highest BCUT2D eigenvalue weighted by Gasteiger charge is 2.36. The van der Waals surface area contributed by atoms with Gasteiger partial charge in [0.1, 0.15) is 4.90 Å². The number of rotatable bonds is 4. The van der Waals surface area contributed by atoms with Crippen LogP contribution in [0.2, 0.25) is 0 Å². The smallest absolute Gasteiger partial charge is 0.246 e. The molecule has 2 aliphatic heterocycles. The molecule has 2 atom stereocenters. The Kier molecular flexibility index (Phi) is 5.05. The van der Waals surface area contributed by atoms with Gasteiger partial charge in [0.05, 0.1) is 12.2 Å². The van der Waals surface area contributed by atoms with E-state index in [1.807, 2.05) is 6.92 Å². The van der Waals surface area contributed by atoms with Crippen LogP contribution < -0.4 is 5.73 Å². The normalized spacial score (nSPS) is 26.3. The summed E-state index contributed by atoms with van der Waals surface area (Å²) in [4.78, 5) is 0.275. The van der Waals surface area contributed by atoms with Crippen LogP contribution in [-0.2, 0) is 14.8 Å². The Balaban J connectivity index is 1.82. The Morgan fingerprint density at radius 2 is 2.04 bits per heavy atom. The average Bonchev–Trinajstić information content (AvgIpc) is 3.06. The summed E-state index contributed by atoms with van der Waals surface area (Å²) in [6, 6.07) is -0.0749. The van der Waals surface area contributed by atoms with Gasteiger partial charge in [-0.05, 0) is 32.6 Å². The number of hydrogen-bond donors (Lipinski definition) is 1. The number of nitrogens with two attached hydrogens (primary N) is 1. The average molecular weight is 342 g/mol. The lowest BCUT2D eigenvalue weighted by atomic mass is 10.00. The SMILES string of the molecule is C[C@@H](N)[C@H]1CCCCN1S(=O)(=O)c1cnn(C2CCOCC2)c1. The molecule has 2 saturated heterocycles. The zero-order valence-corrected chi connectivity index (χ0v) is 14.4. The van der Waals surface area contributed by atoms with E-state index in [0.29, 0.717) is 19.8 Å². The molecule has 0 aliphatic carbocycles. The summed E-state index contributed by atoms with van der Waals surface area (Å²) in [5, 5.41) is 4.29. The quantitative estimate of drug-likeness (QED) is 0.885. The standard InChI is InChI=1S/C15H26N4O3S/c1-12(16)15-4-2-3-7-19(15)23(20,21)14-10-17-18(11-14)13-5-8-22-9-6-13/h10-13,15H,2-9,16H2,1H3/t12-,15-/m1/s1. The third-order valence-corrected chi connectivity index (χ3v) is 6.73. The Morgan fingerprint density at radius 1 is 1.30 bits per heavy atom. The first-order valence-corrected chi connectivity index (χ1v) is 9.83. The zero-order chi connectivity index (χ0) is 16.4. The molecule has 1 aromatic rings. The van der Waals surface area contributed by atoms with Crippen LogP contribution in [0.3, 0.4) is 0 Å². The Bertz CT molecular complexity index is 622. The van der Waals surface area contributed by atoms with Gasteiger partial charge in [0.25, 0.3) is 0 Å². The fraction of sp³-hybridized carbons (Fsp3) is 0.800. The van der Waals surface area contributed by atoms with Crippen molar-refractivity contribution in [2.45, 2.75) is 62.0 Å². The second kappa shape index (κ2) is 6.88. The van der Waals surface area contributed by atoms with Crippen molar-refractivity contribution in [3.63, 3.8) is 0 Å². The van der Waals surface area contributed by atoms with E-state index in [1.54, 1.807) is 15.2 Å². The van der Waals surface area contributed by atoms with Crippen molar-refractivity contribution < 1.29 is 13.2 Å². The first-order chi connectivity index (χ1) is 11.0. The van der Waals surface area contributed by atoms with E-state index in [0.717, 1.165) is 32.1 Å². The van der Waals surface area contributed by atoms with Gasteiger partial charge in [-0.3, -0.25) is 4.68 Å². The molecule has 8 heteroatoms. The molecule has 7 nitrogen and oxygen atoms in total. The van der Waals surface area contributed by atoms with Gasteiger partial charge < -0.3 is 10.5 Å². The fourth-order valence-corrected chi connectivity index (χ4v) is 5.21. The maximum Gasteiger partial charge on any atom is 0.246 e. The summed E-state index contributed by atoms with van der Waals surface area (Å²) in [5.41, 5.74) is 6.01. The van der Waals surface area contributed by atoms with E-state index >= 15 is 0 Å². The molecule has 0 aromatic carbocycles. The van der Waals surface area contributed by atoms with Crippen LogP contribution in [0, 0.1) is 0 Å². The highest BCUT2D eigenvalue weighted by molar-refractivity contribution is 7.89. The van der Waals surface area contributed by atoms with Gasteiger partial charge >= 0.3 is 0 Å². The van der Waals surface area contributed by atoms with Gasteiger partial charge in [-0.2, -0.15) is 9.40 Å². The molecule has 0 unspecified atom stereocenters. The first kappa shape index (κ1) is 16.9. The van der Waals surface area contributed by atoms with Crippen LogP contribution in [0.15, 0.2) is 17.3 Å². The number of hydrogen-bond acceptors (Lipinski definition) is 5. The Labute approximate surface area is 137 Å². The van der Waals surface area contributed by atoms with Crippen LogP contribution in [0.4, 0.5) is 0 Å². The largest absolute Gasteiger partial charge is 0.381 e. The van der Waals surface area contributed by atoms with Gasteiger partial charge in [0, 0.05) is 38.0 Å². The van der Waals surface area contributed by atoms with Crippen molar-refractivity contribution in [1.82, 2.24) is 14.1 Å². The second-order valence-electron chi connectivity index (χ2n) is 6.54. The van der Waals surface area contributed by atoms with Crippen LogP contribution >= 0.6 is 0 Å². The van der Waals surface area contributed by atoms with Crippen LogP contribution in [0.5, 0.6) is 0 Å². The summed E-state index contributed by atoms with van der Waals surface area (Å²) in [5.74, 6) is 0. The monoisotopic (exact) mass is 342 g/mol. The summed E-state index contributed by atoms with van der Waals surface area (Å²) in [7, 11) is -3.54. The molecule has 0 amide bonds. The minimum Gasteiger partial charge on any atom is -0.381 e. The lowest BCUT2D eigenvalue weighted by Gasteiger charge is -2.36. The molecule has 2 fully saturated rings. The first-order valence-electron chi connectivity index (χ1n) is 8.39. The number of ether oxygens (including phenoxy) is 1. The lowest BCUT2D eigenvalue weighted by Crippen LogP contribution is -2.51. The minimum atomic E-state index is -3.54. The molecule has 23 heavy (non-hydrogen) atoms. The van der Waals surface area contributed by atoms with Crippen molar-refractivity contribution in [3.8, 4) is 0 Å². The molecular formula is C15H26N4O3S. The molecule has 1 aromatic heterocycles. The number of nitrogens with zero attached hydrogens (tertiary/aromatic N) is 3. The molecule has 0 radical (unpaired) electrons. The maximum atomic E-state index is 13.0. The molecule has 2 N–H and O–H groups in total. The fourth-order valence-electron chi connectivity index (χ4n) is 3.49. The highest BCUT2D eigenvalue weighted by atomic mass is 32.2. The van der Waals surface area contributed by atoms with E-state index in [4.69, 9.17) is 10.5 Å². The van der Waals surface area contributed by atoms with Crippen LogP contribution in [0.25, 0.3) is 0 Å². The highest BCUT2D eigenvalue weighted by Crippen LogP contribution is 2.28. The predicted molar refractivity (Wildman–Crippen MR) is 86.5 cm³/mol. The molecule has 0 spiro atoms. The van der Waals surface area contributed by atoms with Crippen LogP contribution in [-0.4, -0.2) is 54.3 Å². The second-order valence-corrected chi connectivity index (χ2v) is 8.43. The third kappa shape index (κ3) is 3.45. The van der Waals surface area contributed by atoms with E-state index in [2.05, 4.69) is 5.10 Å².